The molecule has 0 amide bonds. The van der Waals surface area contributed by atoms with Crippen LogP contribution >= 0.6 is 0 Å². The lowest BCUT2D eigenvalue weighted by atomic mass is 10.1. The average molecular weight is 232 g/mol. The van der Waals surface area contributed by atoms with Gasteiger partial charge in [-0.15, -0.1) is 5.10 Å². The molecule has 2 rings (SSSR count). The Morgan fingerprint density at radius 2 is 2.12 bits per heavy atom. The van der Waals surface area contributed by atoms with Crippen LogP contribution in [0.4, 0.5) is 0 Å². The van der Waals surface area contributed by atoms with Gasteiger partial charge in [0, 0.05) is 12.7 Å². The molecule has 1 unspecified atom stereocenters. The smallest absolute Gasteiger partial charge is 0.0802 e. The third-order valence-corrected chi connectivity index (χ3v) is 2.59. The number of nitrogens with one attached hydrogen (secondary N) is 1. The molecule has 17 heavy (non-hydrogen) atoms. The molecule has 0 bridgehead atoms. The van der Waals surface area contributed by atoms with Crippen LogP contribution in [0.3, 0.4) is 0 Å². The standard InChI is InChI=1S/C11H16N6/c1-3-12-11(9-5-6-13-14-7-9)10-8-15-16-17(10)4-2/h5-8,11-12H,3-4H2,1-2H3. The Balaban J connectivity index is 2.36. The van der Waals surface area contributed by atoms with Gasteiger partial charge in [-0.25, -0.2) is 4.68 Å². The van der Waals surface area contributed by atoms with Gasteiger partial charge in [0.25, 0.3) is 0 Å². The van der Waals surface area contributed by atoms with Gasteiger partial charge < -0.3 is 5.32 Å². The summed E-state index contributed by atoms with van der Waals surface area (Å²) in [7, 11) is 0. The van der Waals surface area contributed by atoms with Crippen LogP contribution in [0.5, 0.6) is 0 Å². The van der Waals surface area contributed by atoms with E-state index in [0.29, 0.717) is 0 Å². The molecule has 0 fully saturated rings. The van der Waals surface area contributed by atoms with Gasteiger partial charge in [0.1, 0.15) is 0 Å². The Morgan fingerprint density at radius 3 is 2.76 bits per heavy atom. The molecule has 6 nitrogen and oxygen atoms in total. The van der Waals surface area contributed by atoms with Crippen molar-refractivity contribution in [1.29, 1.82) is 0 Å². The summed E-state index contributed by atoms with van der Waals surface area (Å²) in [5.41, 5.74) is 2.11. The van der Waals surface area contributed by atoms with E-state index in [2.05, 4.69) is 32.7 Å². The van der Waals surface area contributed by atoms with Crippen LogP contribution in [-0.4, -0.2) is 31.7 Å². The summed E-state index contributed by atoms with van der Waals surface area (Å²) in [6.45, 7) is 5.78. The Hall–Kier alpha value is -1.82. The second kappa shape index (κ2) is 5.49. The van der Waals surface area contributed by atoms with E-state index in [1.807, 2.05) is 17.7 Å². The van der Waals surface area contributed by atoms with Crippen molar-refractivity contribution in [3.63, 3.8) is 0 Å². The average Bonchev–Trinajstić information content (AvgIpc) is 2.85. The van der Waals surface area contributed by atoms with E-state index in [4.69, 9.17) is 0 Å². The summed E-state index contributed by atoms with van der Waals surface area (Å²) in [6, 6.07) is 2.01. The maximum Gasteiger partial charge on any atom is 0.0802 e. The highest BCUT2D eigenvalue weighted by atomic mass is 15.4. The van der Waals surface area contributed by atoms with Crippen molar-refractivity contribution >= 4 is 0 Å². The predicted octanol–water partition coefficient (Wildman–Crippen LogP) is 0.787. The summed E-state index contributed by atoms with van der Waals surface area (Å²) in [4.78, 5) is 0. The molecule has 2 heterocycles. The van der Waals surface area contributed by atoms with Crippen LogP contribution in [0.15, 0.2) is 24.7 Å². The van der Waals surface area contributed by atoms with Crippen molar-refractivity contribution < 1.29 is 0 Å². The third kappa shape index (κ3) is 2.47. The van der Waals surface area contributed by atoms with Gasteiger partial charge >= 0.3 is 0 Å². The van der Waals surface area contributed by atoms with Crippen LogP contribution in [0.25, 0.3) is 0 Å². The largest absolute Gasteiger partial charge is 0.305 e. The number of nitrogens with zero attached hydrogens (tertiary/aromatic N) is 5. The quantitative estimate of drug-likeness (QED) is 0.825. The second-order valence-electron chi connectivity index (χ2n) is 3.64. The maximum absolute atomic E-state index is 4.05. The Morgan fingerprint density at radius 1 is 1.24 bits per heavy atom. The van der Waals surface area contributed by atoms with E-state index in [1.54, 1.807) is 18.6 Å². The Kier molecular flexibility index (Phi) is 3.77. The molecule has 1 N–H and O–H groups in total. The molecule has 0 aliphatic carbocycles. The monoisotopic (exact) mass is 232 g/mol. The maximum atomic E-state index is 4.05. The highest BCUT2D eigenvalue weighted by molar-refractivity contribution is 5.22. The Bertz CT molecular complexity index is 452. The lowest BCUT2D eigenvalue weighted by Crippen LogP contribution is -2.25. The lowest BCUT2D eigenvalue weighted by Gasteiger charge is -2.17. The van der Waals surface area contributed by atoms with Crippen LogP contribution < -0.4 is 5.32 Å². The summed E-state index contributed by atoms with van der Waals surface area (Å²) in [5.74, 6) is 0. The fourth-order valence-corrected chi connectivity index (χ4v) is 1.80. The van der Waals surface area contributed by atoms with Crippen molar-refractivity contribution in [1.82, 2.24) is 30.5 Å². The minimum absolute atomic E-state index is 0.0606. The lowest BCUT2D eigenvalue weighted by molar-refractivity contribution is 0.533. The summed E-state index contributed by atoms with van der Waals surface area (Å²) < 4.78 is 1.88. The molecule has 2 aromatic heterocycles. The molecule has 0 aromatic carbocycles. The van der Waals surface area contributed by atoms with Gasteiger partial charge in [0.15, 0.2) is 0 Å². The van der Waals surface area contributed by atoms with E-state index in [1.165, 1.54) is 0 Å². The first-order valence-corrected chi connectivity index (χ1v) is 5.75. The first-order chi connectivity index (χ1) is 8.36. The highest BCUT2D eigenvalue weighted by Crippen LogP contribution is 2.19. The van der Waals surface area contributed by atoms with Crippen molar-refractivity contribution in [2.24, 2.45) is 0 Å². The Labute approximate surface area is 100 Å². The van der Waals surface area contributed by atoms with Gasteiger partial charge in [-0.05, 0) is 25.1 Å². The molecule has 0 saturated heterocycles. The number of aromatic nitrogens is 5. The fourth-order valence-electron chi connectivity index (χ4n) is 1.80. The minimum Gasteiger partial charge on any atom is -0.305 e. The topological polar surface area (TPSA) is 68.5 Å². The molecule has 0 saturated carbocycles. The van der Waals surface area contributed by atoms with Gasteiger partial charge in [0.05, 0.1) is 24.1 Å². The minimum atomic E-state index is 0.0606. The van der Waals surface area contributed by atoms with Crippen molar-refractivity contribution in [3.05, 3.63) is 35.9 Å². The zero-order chi connectivity index (χ0) is 12.1. The van der Waals surface area contributed by atoms with E-state index >= 15 is 0 Å². The first-order valence-electron chi connectivity index (χ1n) is 5.75. The van der Waals surface area contributed by atoms with Crippen LogP contribution in [0.2, 0.25) is 0 Å². The molecule has 0 aliphatic rings. The van der Waals surface area contributed by atoms with E-state index in [9.17, 15) is 0 Å². The summed E-state index contributed by atoms with van der Waals surface area (Å²) in [5, 5.41) is 19.1. The molecule has 2 aromatic rings. The fraction of sp³-hybridized carbons (Fsp3) is 0.455. The highest BCUT2D eigenvalue weighted by Gasteiger charge is 2.17. The van der Waals surface area contributed by atoms with E-state index in [0.717, 1.165) is 24.3 Å². The third-order valence-electron chi connectivity index (χ3n) is 2.59. The summed E-state index contributed by atoms with van der Waals surface area (Å²) in [6.07, 6.45) is 5.25. The number of aryl methyl sites for hydroxylation is 1. The van der Waals surface area contributed by atoms with Gasteiger partial charge in [-0.1, -0.05) is 12.1 Å². The molecule has 0 radical (unpaired) electrons. The number of rotatable bonds is 5. The molecule has 1 atom stereocenters. The normalized spacial score (nSPS) is 12.6. The zero-order valence-electron chi connectivity index (χ0n) is 10.0. The second-order valence-corrected chi connectivity index (χ2v) is 3.64. The van der Waals surface area contributed by atoms with Crippen molar-refractivity contribution in [2.75, 3.05) is 6.54 Å². The van der Waals surface area contributed by atoms with E-state index < -0.39 is 0 Å². The van der Waals surface area contributed by atoms with Gasteiger partial charge in [-0.3, -0.25) is 0 Å². The molecule has 0 spiro atoms. The number of hydrogen-bond donors (Lipinski definition) is 1. The molecular formula is C11H16N6. The molecule has 6 heteroatoms. The molecule has 90 valence electrons. The van der Waals surface area contributed by atoms with Crippen LogP contribution in [-0.2, 0) is 6.54 Å². The van der Waals surface area contributed by atoms with E-state index in [-0.39, 0.29) is 6.04 Å². The zero-order valence-corrected chi connectivity index (χ0v) is 10.0. The van der Waals surface area contributed by atoms with Gasteiger partial charge in [0.2, 0.25) is 0 Å². The first kappa shape index (κ1) is 11.7. The number of hydrogen-bond acceptors (Lipinski definition) is 5. The van der Waals surface area contributed by atoms with Gasteiger partial charge in [-0.2, -0.15) is 10.2 Å². The summed E-state index contributed by atoms with van der Waals surface area (Å²) >= 11 is 0. The predicted molar refractivity (Wildman–Crippen MR) is 63.2 cm³/mol. The van der Waals surface area contributed by atoms with Crippen LogP contribution in [0.1, 0.15) is 31.1 Å². The SMILES string of the molecule is CCNC(c1ccnnc1)c1cnnn1CC. The molecule has 0 aliphatic heterocycles. The van der Waals surface area contributed by atoms with Crippen LogP contribution in [0, 0.1) is 0 Å². The van der Waals surface area contributed by atoms with Crippen molar-refractivity contribution in [3.8, 4) is 0 Å². The van der Waals surface area contributed by atoms with Crippen molar-refractivity contribution in [2.45, 2.75) is 26.4 Å². The molecular weight excluding hydrogens is 216 g/mol.